The third-order valence-corrected chi connectivity index (χ3v) is 7.60. The molecule has 0 spiro atoms. The molecule has 1 fully saturated rings. The van der Waals surface area contributed by atoms with Crippen molar-refractivity contribution in [2.45, 2.75) is 31.7 Å². The predicted molar refractivity (Wildman–Crippen MR) is 117 cm³/mol. The predicted octanol–water partition coefficient (Wildman–Crippen LogP) is 2.56. The van der Waals surface area contributed by atoms with Crippen molar-refractivity contribution in [1.29, 1.82) is 0 Å². The van der Waals surface area contributed by atoms with Crippen molar-refractivity contribution in [2.24, 2.45) is 0 Å². The molecule has 3 rings (SSSR count). The Morgan fingerprint density at radius 3 is 2.47 bits per heavy atom. The number of benzene rings is 1. The molecule has 1 amide bonds. The van der Waals surface area contributed by atoms with Crippen LogP contribution in [-0.2, 0) is 14.8 Å². The summed E-state index contributed by atoms with van der Waals surface area (Å²) in [7, 11) is -3.81. The summed E-state index contributed by atoms with van der Waals surface area (Å²) in [5.74, 6) is -0.00799. The van der Waals surface area contributed by atoms with Gasteiger partial charge in [0.2, 0.25) is 10.0 Å². The Kier molecular flexibility index (Phi) is 8.05. The number of amides is 1. The maximum Gasteiger partial charge on any atom is 0.254 e. The van der Waals surface area contributed by atoms with E-state index in [-0.39, 0.29) is 36.1 Å². The quantitative estimate of drug-likeness (QED) is 0.610. The van der Waals surface area contributed by atoms with E-state index in [1.54, 1.807) is 13.8 Å². The second-order valence-electron chi connectivity index (χ2n) is 7.55. The molecule has 2 heterocycles. The lowest BCUT2D eigenvalue weighted by molar-refractivity contribution is 0.0117. The normalized spacial score (nSPS) is 16.3. The first-order valence-electron chi connectivity index (χ1n) is 10.7. The van der Waals surface area contributed by atoms with Crippen molar-refractivity contribution in [3.63, 3.8) is 0 Å². The summed E-state index contributed by atoms with van der Waals surface area (Å²) >= 11 is 0. The maximum absolute atomic E-state index is 14.5. The second-order valence-corrected chi connectivity index (χ2v) is 9.49. The van der Waals surface area contributed by atoms with Crippen molar-refractivity contribution in [3.05, 3.63) is 53.2 Å². The van der Waals surface area contributed by atoms with Crippen LogP contribution in [0.4, 0.5) is 4.39 Å². The van der Waals surface area contributed by atoms with E-state index in [1.165, 1.54) is 10.4 Å². The number of carbonyl (C=O) groups is 1. The van der Waals surface area contributed by atoms with Crippen LogP contribution in [-0.4, -0.2) is 69.5 Å². The van der Waals surface area contributed by atoms with Gasteiger partial charge in [-0.2, -0.15) is 4.31 Å². The van der Waals surface area contributed by atoms with Crippen LogP contribution in [0.5, 0.6) is 0 Å². The highest BCUT2D eigenvalue weighted by Crippen LogP contribution is 2.24. The van der Waals surface area contributed by atoms with Crippen LogP contribution < -0.4 is 5.32 Å². The minimum Gasteiger partial charge on any atom is -0.465 e. The Hall–Kier alpha value is -2.27. The molecule has 1 aromatic carbocycles. The summed E-state index contributed by atoms with van der Waals surface area (Å²) < 4.78 is 52.5. The molecule has 1 atom stereocenters. The first-order valence-corrected chi connectivity index (χ1v) is 12.2. The third kappa shape index (κ3) is 5.37. The second kappa shape index (κ2) is 10.6. The molecule has 0 saturated carbocycles. The zero-order valence-electron chi connectivity index (χ0n) is 18.6. The molecule has 1 aliphatic rings. The highest BCUT2D eigenvalue weighted by Gasteiger charge is 2.28. The fraction of sp³-hybridized carbons (Fsp3) is 0.500. The van der Waals surface area contributed by atoms with Crippen LogP contribution in [0.15, 0.2) is 39.6 Å². The fourth-order valence-electron chi connectivity index (χ4n) is 3.77. The first kappa shape index (κ1) is 24.4. The minimum atomic E-state index is -3.81. The highest BCUT2D eigenvalue weighted by atomic mass is 32.2. The van der Waals surface area contributed by atoms with Crippen molar-refractivity contribution in [3.8, 4) is 0 Å². The molecule has 1 N–H and O–H groups in total. The van der Waals surface area contributed by atoms with Gasteiger partial charge < -0.3 is 14.5 Å². The Labute approximate surface area is 188 Å². The van der Waals surface area contributed by atoms with E-state index in [9.17, 15) is 17.6 Å². The number of hydrogen-bond donors (Lipinski definition) is 1. The molecular weight excluding hydrogens is 437 g/mol. The van der Waals surface area contributed by atoms with E-state index < -0.39 is 21.7 Å². The molecule has 2 aromatic rings. The summed E-state index contributed by atoms with van der Waals surface area (Å²) in [6, 6.07) is 6.76. The zero-order valence-corrected chi connectivity index (χ0v) is 19.5. The van der Waals surface area contributed by atoms with Gasteiger partial charge in [0, 0.05) is 32.7 Å². The lowest BCUT2D eigenvalue weighted by Gasteiger charge is -2.33. The maximum atomic E-state index is 14.5. The molecule has 0 bridgehead atoms. The summed E-state index contributed by atoms with van der Waals surface area (Å²) in [6.07, 6.45) is 0. The van der Waals surface area contributed by atoms with Gasteiger partial charge in [0.05, 0.1) is 29.7 Å². The van der Waals surface area contributed by atoms with E-state index in [0.717, 1.165) is 17.9 Å². The molecule has 10 heteroatoms. The van der Waals surface area contributed by atoms with Gasteiger partial charge in [0.15, 0.2) is 0 Å². The van der Waals surface area contributed by atoms with Crippen LogP contribution in [0.1, 0.15) is 41.8 Å². The molecule has 1 aliphatic heterocycles. The van der Waals surface area contributed by atoms with E-state index in [0.29, 0.717) is 32.1 Å². The van der Waals surface area contributed by atoms with Crippen LogP contribution in [0.2, 0.25) is 0 Å². The molecule has 1 aromatic heterocycles. The third-order valence-electron chi connectivity index (χ3n) is 5.56. The number of morpholine rings is 1. The average molecular weight is 468 g/mol. The Bertz CT molecular complexity index is 1030. The number of nitrogens with one attached hydrogen (secondary N) is 1. The summed E-state index contributed by atoms with van der Waals surface area (Å²) in [5.41, 5.74) is -0.311. The topological polar surface area (TPSA) is 92.1 Å². The van der Waals surface area contributed by atoms with Crippen LogP contribution in [0.3, 0.4) is 0 Å². The van der Waals surface area contributed by atoms with Crippen molar-refractivity contribution >= 4 is 15.9 Å². The van der Waals surface area contributed by atoms with E-state index in [2.05, 4.69) is 10.2 Å². The number of furan rings is 1. The molecule has 1 unspecified atom stereocenters. The molecule has 32 heavy (non-hydrogen) atoms. The Morgan fingerprint density at radius 2 is 1.88 bits per heavy atom. The largest absolute Gasteiger partial charge is 0.465 e. The fourth-order valence-corrected chi connectivity index (χ4v) is 5.25. The van der Waals surface area contributed by atoms with Gasteiger partial charge in [-0.15, -0.1) is 0 Å². The van der Waals surface area contributed by atoms with Gasteiger partial charge >= 0.3 is 0 Å². The summed E-state index contributed by atoms with van der Waals surface area (Å²) in [5, 5.41) is 2.75. The lowest BCUT2D eigenvalue weighted by atomic mass is 10.1. The molecule has 8 nitrogen and oxygen atoms in total. The van der Waals surface area contributed by atoms with E-state index in [1.807, 2.05) is 19.1 Å². The van der Waals surface area contributed by atoms with Crippen LogP contribution in [0.25, 0.3) is 0 Å². The van der Waals surface area contributed by atoms with Gasteiger partial charge in [-0.3, -0.25) is 9.69 Å². The van der Waals surface area contributed by atoms with E-state index in [4.69, 9.17) is 9.15 Å². The van der Waals surface area contributed by atoms with Gasteiger partial charge in [-0.25, -0.2) is 12.8 Å². The number of ether oxygens (including phenoxy) is 1. The van der Waals surface area contributed by atoms with Gasteiger partial charge in [-0.1, -0.05) is 13.8 Å². The average Bonchev–Trinajstić information content (AvgIpc) is 3.21. The van der Waals surface area contributed by atoms with Crippen molar-refractivity contribution < 1.29 is 26.8 Å². The number of halogens is 1. The van der Waals surface area contributed by atoms with Gasteiger partial charge in [-0.05, 0) is 37.3 Å². The number of rotatable bonds is 9. The smallest absolute Gasteiger partial charge is 0.254 e. The number of hydrogen-bond acceptors (Lipinski definition) is 6. The lowest BCUT2D eigenvalue weighted by Crippen LogP contribution is -2.43. The molecule has 0 aliphatic carbocycles. The number of aryl methyl sites for hydroxylation is 1. The van der Waals surface area contributed by atoms with Crippen molar-refractivity contribution in [2.75, 3.05) is 45.9 Å². The number of sulfonamides is 1. The number of nitrogens with zero attached hydrogens (tertiary/aromatic N) is 2. The first-order chi connectivity index (χ1) is 15.3. The summed E-state index contributed by atoms with van der Waals surface area (Å²) in [6.45, 7) is 8.52. The number of carbonyl (C=O) groups excluding carboxylic acids is 1. The van der Waals surface area contributed by atoms with Crippen molar-refractivity contribution in [1.82, 2.24) is 14.5 Å². The van der Waals surface area contributed by atoms with Crippen LogP contribution in [0, 0.1) is 12.7 Å². The Morgan fingerprint density at radius 1 is 1.19 bits per heavy atom. The van der Waals surface area contributed by atoms with Crippen LogP contribution >= 0.6 is 0 Å². The molecular formula is C22H30FN3O5S. The summed E-state index contributed by atoms with van der Waals surface area (Å²) in [4.78, 5) is 14.9. The van der Waals surface area contributed by atoms with E-state index >= 15 is 0 Å². The standard InChI is InChI=1S/C22H30FN3O5S/c1-4-26(5-2)32(28,29)17-7-8-19(23)18(14-17)22(27)24-15-20(21-9-6-16(3)31-21)25-10-12-30-13-11-25/h6-9,14,20H,4-5,10-13,15H2,1-3H3,(H,24,27). The Balaban J connectivity index is 1.80. The highest BCUT2D eigenvalue weighted by molar-refractivity contribution is 7.89. The molecule has 176 valence electrons. The van der Waals surface area contributed by atoms with Gasteiger partial charge in [0.1, 0.15) is 17.3 Å². The molecule has 1 saturated heterocycles. The molecule has 0 radical (unpaired) electrons. The monoisotopic (exact) mass is 467 g/mol. The minimum absolute atomic E-state index is 0.112. The zero-order chi connectivity index (χ0) is 23.3. The van der Waals surface area contributed by atoms with Gasteiger partial charge in [0.25, 0.3) is 5.91 Å². The SMILES string of the molecule is CCN(CC)S(=O)(=O)c1ccc(F)c(C(=O)NCC(c2ccc(C)o2)N2CCOCC2)c1.